The van der Waals surface area contributed by atoms with Gasteiger partial charge in [-0.05, 0) is 78.5 Å². The first-order chi connectivity index (χ1) is 13.6. The van der Waals surface area contributed by atoms with E-state index in [0.717, 1.165) is 46.6 Å². The van der Waals surface area contributed by atoms with Crippen molar-refractivity contribution in [2.24, 2.45) is 17.8 Å². The third-order valence-electron chi connectivity index (χ3n) is 6.41. The van der Waals surface area contributed by atoms with Crippen molar-refractivity contribution in [3.05, 3.63) is 35.2 Å². The Morgan fingerprint density at radius 2 is 2.04 bits per heavy atom. The number of hydrogen-bond donors (Lipinski definition) is 2. The van der Waals surface area contributed by atoms with E-state index in [0.29, 0.717) is 17.9 Å². The highest BCUT2D eigenvalue weighted by molar-refractivity contribution is 7.99. The number of carbonyl (C=O) groups is 2. The van der Waals surface area contributed by atoms with Gasteiger partial charge in [0.15, 0.2) is 0 Å². The number of aliphatic carboxylic acids is 1. The summed E-state index contributed by atoms with van der Waals surface area (Å²) in [5, 5.41) is 15.3. The van der Waals surface area contributed by atoms with E-state index in [1.54, 1.807) is 11.3 Å². The molecule has 1 amide bonds. The van der Waals surface area contributed by atoms with Crippen molar-refractivity contribution in [1.29, 1.82) is 0 Å². The van der Waals surface area contributed by atoms with Crippen LogP contribution in [0.4, 0.5) is 0 Å². The molecule has 0 saturated heterocycles. The summed E-state index contributed by atoms with van der Waals surface area (Å²) < 4.78 is 1.08. The summed E-state index contributed by atoms with van der Waals surface area (Å²) in [5.74, 6) is 2.40. The Bertz CT molecular complexity index is 849. The number of amides is 1. The molecule has 4 nitrogen and oxygen atoms in total. The van der Waals surface area contributed by atoms with Crippen LogP contribution in [0.25, 0.3) is 10.1 Å². The van der Waals surface area contributed by atoms with Crippen molar-refractivity contribution in [1.82, 2.24) is 5.32 Å². The molecule has 2 aliphatic carbocycles. The van der Waals surface area contributed by atoms with Gasteiger partial charge < -0.3 is 10.4 Å². The highest BCUT2D eigenvalue weighted by Crippen LogP contribution is 2.50. The summed E-state index contributed by atoms with van der Waals surface area (Å²) in [4.78, 5) is 23.6. The quantitative estimate of drug-likeness (QED) is 0.561. The molecule has 0 spiro atoms. The van der Waals surface area contributed by atoms with Crippen LogP contribution >= 0.6 is 23.1 Å². The Hall–Kier alpha value is -1.53. The number of rotatable bonds is 9. The average Bonchev–Trinajstić information content (AvgIpc) is 3.40. The van der Waals surface area contributed by atoms with Crippen LogP contribution in [0.1, 0.15) is 48.9 Å². The summed E-state index contributed by atoms with van der Waals surface area (Å²) in [5.41, 5.74) is 0.805. The van der Waals surface area contributed by atoms with Crippen molar-refractivity contribution in [3.63, 3.8) is 0 Å². The molecule has 2 aliphatic rings. The monoisotopic (exact) mass is 417 g/mol. The summed E-state index contributed by atoms with van der Waals surface area (Å²) in [7, 11) is 0. The van der Waals surface area contributed by atoms with E-state index >= 15 is 0 Å². The van der Waals surface area contributed by atoms with Crippen molar-refractivity contribution in [2.75, 3.05) is 11.5 Å². The first-order valence-corrected chi connectivity index (χ1v) is 12.2. The number of carboxylic acids is 1. The molecule has 1 aromatic heterocycles. The standard InChI is InChI=1S/C22H27NO3S2/c24-19(25)13-27-10-2-1-5-17-15-7-8-16(12-15)20(17)23-22(26)18-6-3-4-14-9-11-28-21(14)18/h3-4,6,9,11,15-17,20H,1-2,5,7-8,10,12-13H2,(H,23,26)(H,24,25). The van der Waals surface area contributed by atoms with Gasteiger partial charge in [0.05, 0.1) is 11.3 Å². The van der Waals surface area contributed by atoms with Gasteiger partial charge in [0, 0.05) is 10.7 Å². The van der Waals surface area contributed by atoms with E-state index in [1.807, 2.05) is 17.5 Å². The average molecular weight is 418 g/mol. The predicted molar refractivity (Wildman–Crippen MR) is 116 cm³/mol. The Kier molecular flexibility index (Phi) is 6.26. The van der Waals surface area contributed by atoms with Crippen LogP contribution in [0, 0.1) is 17.8 Å². The molecule has 0 aliphatic heterocycles. The number of nitrogens with one attached hydrogen (secondary N) is 1. The Morgan fingerprint density at radius 1 is 1.18 bits per heavy atom. The summed E-state index contributed by atoms with van der Waals surface area (Å²) in [6.07, 6.45) is 7.11. The molecule has 1 aromatic carbocycles. The van der Waals surface area contributed by atoms with E-state index in [9.17, 15) is 9.59 Å². The number of unbranched alkanes of at least 4 members (excludes halogenated alkanes) is 1. The topological polar surface area (TPSA) is 66.4 Å². The Balaban J connectivity index is 1.35. The lowest BCUT2D eigenvalue weighted by molar-refractivity contribution is -0.133. The number of fused-ring (bicyclic) bond motifs is 3. The fourth-order valence-corrected chi connectivity index (χ4v) is 6.83. The number of thioether (sulfide) groups is 1. The highest BCUT2D eigenvalue weighted by Gasteiger charge is 2.47. The van der Waals surface area contributed by atoms with Crippen LogP contribution in [0.3, 0.4) is 0 Å². The zero-order valence-electron chi connectivity index (χ0n) is 15.9. The van der Waals surface area contributed by atoms with Gasteiger partial charge in [0.1, 0.15) is 0 Å². The van der Waals surface area contributed by atoms with Crippen molar-refractivity contribution < 1.29 is 14.7 Å². The normalized spacial score (nSPS) is 26.0. The summed E-state index contributed by atoms with van der Waals surface area (Å²) >= 11 is 3.14. The fourth-order valence-electron chi connectivity index (χ4n) is 5.20. The van der Waals surface area contributed by atoms with Gasteiger partial charge in [-0.1, -0.05) is 18.6 Å². The van der Waals surface area contributed by atoms with E-state index in [2.05, 4.69) is 17.4 Å². The van der Waals surface area contributed by atoms with E-state index in [4.69, 9.17) is 5.11 Å². The van der Waals surface area contributed by atoms with Gasteiger partial charge in [0.2, 0.25) is 0 Å². The molecule has 28 heavy (non-hydrogen) atoms. The van der Waals surface area contributed by atoms with E-state index < -0.39 is 5.97 Å². The van der Waals surface area contributed by atoms with Crippen LogP contribution < -0.4 is 5.32 Å². The molecule has 0 radical (unpaired) electrons. The van der Waals surface area contributed by atoms with Gasteiger partial charge in [-0.25, -0.2) is 0 Å². The number of benzene rings is 1. The molecule has 4 rings (SSSR count). The largest absolute Gasteiger partial charge is 0.481 e. The lowest BCUT2D eigenvalue weighted by atomic mass is 9.81. The molecule has 4 unspecified atom stereocenters. The molecular formula is C22H27NO3S2. The lowest BCUT2D eigenvalue weighted by Crippen LogP contribution is -2.44. The Morgan fingerprint density at radius 3 is 2.89 bits per heavy atom. The molecule has 2 aromatic rings. The minimum absolute atomic E-state index is 0.0765. The third kappa shape index (κ3) is 4.23. The van der Waals surface area contributed by atoms with Crippen molar-refractivity contribution in [2.45, 2.75) is 44.6 Å². The van der Waals surface area contributed by atoms with Gasteiger partial charge in [-0.2, -0.15) is 11.8 Å². The summed E-state index contributed by atoms with van der Waals surface area (Å²) in [6, 6.07) is 8.34. The van der Waals surface area contributed by atoms with Crippen molar-refractivity contribution in [3.8, 4) is 0 Å². The maximum Gasteiger partial charge on any atom is 0.313 e. The number of thiophene rings is 1. The van der Waals surface area contributed by atoms with Crippen LogP contribution in [0.15, 0.2) is 29.6 Å². The van der Waals surface area contributed by atoms with E-state index in [1.165, 1.54) is 31.0 Å². The minimum atomic E-state index is -0.735. The number of hydrogen-bond acceptors (Lipinski definition) is 4. The summed E-state index contributed by atoms with van der Waals surface area (Å²) in [6.45, 7) is 0. The van der Waals surface area contributed by atoms with Crippen LogP contribution in [-0.2, 0) is 4.79 Å². The minimum Gasteiger partial charge on any atom is -0.481 e. The molecule has 6 heteroatoms. The molecule has 2 N–H and O–H groups in total. The maximum absolute atomic E-state index is 13.1. The molecule has 1 heterocycles. The van der Waals surface area contributed by atoms with Crippen LogP contribution in [-0.4, -0.2) is 34.5 Å². The second-order valence-corrected chi connectivity index (χ2v) is 10.1. The van der Waals surface area contributed by atoms with Gasteiger partial charge in [-0.3, -0.25) is 9.59 Å². The van der Waals surface area contributed by atoms with Gasteiger partial charge >= 0.3 is 5.97 Å². The predicted octanol–water partition coefficient (Wildman–Crippen LogP) is 5.03. The second-order valence-electron chi connectivity index (χ2n) is 8.08. The van der Waals surface area contributed by atoms with Gasteiger partial charge in [0.25, 0.3) is 5.91 Å². The maximum atomic E-state index is 13.1. The lowest BCUT2D eigenvalue weighted by Gasteiger charge is -2.32. The van der Waals surface area contributed by atoms with Crippen LogP contribution in [0.5, 0.6) is 0 Å². The highest BCUT2D eigenvalue weighted by atomic mass is 32.2. The zero-order chi connectivity index (χ0) is 19.5. The SMILES string of the molecule is O=C(O)CSCCCCC1C2CCC(C2)C1NC(=O)c1cccc2ccsc12. The second kappa shape index (κ2) is 8.87. The van der Waals surface area contributed by atoms with Crippen LogP contribution in [0.2, 0.25) is 0 Å². The molecule has 2 saturated carbocycles. The first kappa shape index (κ1) is 19.8. The Labute approximate surface area is 174 Å². The molecule has 2 fully saturated rings. The van der Waals surface area contributed by atoms with Crippen molar-refractivity contribution >= 4 is 45.1 Å². The molecule has 150 valence electrons. The van der Waals surface area contributed by atoms with E-state index in [-0.39, 0.29) is 11.7 Å². The third-order valence-corrected chi connectivity index (χ3v) is 8.40. The first-order valence-electron chi connectivity index (χ1n) is 10.2. The smallest absolute Gasteiger partial charge is 0.313 e. The fraction of sp³-hybridized carbons (Fsp3) is 0.545. The molecule has 2 bridgehead atoms. The number of carboxylic acid groups (broad SMARTS) is 1. The molecule has 4 atom stereocenters. The number of carbonyl (C=O) groups excluding carboxylic acids is 1. The zero-order valence-corrected chi connectivity index (χ0v) is 17.6. The van der Waals surface area contributed by atoms with Gasteiger partial charge in [-0.15, -0.1) is 11.3 Å². The molecular weight excluding hydrogens is 390 g/mol.